The van der Waals surface area contributed by atoms with Crippen molar-refractivity contribution in [2.45, 2.75) is 40.2 Å². The second-order valence-electron chi connectivity index (χ2n) is 6.80. The number of unbranched alkanes of at least 4 members (excludes halogenated alkanes) is 1. The van der Waals surface area contributed by atoms with E-state index in [2.05, 4.69) is 54.0 Å². The van der Waals surface area contributed by atoms with Gasteiger partial charge in [0.2, 0.25) is 0 Å². The molecule has 1 aromatic carbocycles. The van der Waals surface area contributed by atoms with Crippen molar-refractivity contribution in [3.63, 3.8) is 0 Å². The lowest BCUT2D eigenvalue weighted by atomic mass is 10.1. The molecule has 0 spiro atoms. The minimum Gasteiger partial charge on any atom is -0.486 e. The van der Waals surface area contributed by atoms with Gasteiger partial charge in [-0.3, -0.25) is 0 Å². The van der Waals surface area contributed by atoms with Crippen LogP contribution in [0.5, 0.6) is 11.5 Å². The Labute approximate surface area is 166 Å². The maximum atomic E-state index is 5.83. The third-order valence-electron chi connectivity index (χ3n) is 4.96. The highest BCUT2D eigenvalue weighted by Crippen LogP contribution is 2.41. The molecule has 1 N–H and O–H groups in total. The van der Waals surface area contributed by atoms with Crippen LogP contribution >= 0.6 is 12.4 Å². The van der Waals surface area contributed by atoms with E-state index in [1.807, 2.05) is 12.3 Å². The highest BCUT2D eigenvalue weighted by Gasteiger charge is 2.20. The van der Waals surface area contributed by atoms with Gasteiger partial charge in [-0.2, -0.15) is 0 Å². The van der Waals surface area contributed by atoms with E-state index in [9.17, 15) is 0 Å². The molecule has 1 aliphatic rings. The average Bonchev–Trinajstić information content (AvgIpc) is 3.07. The molecule has 0 radical (unpaired) electrons. The Morgan fingerprint density at radius 3 is 2.81 bits per heavy atom. The number of hydrogen-bond acceptors (Lipinski definition) is 4. The zero-order valence-corrected chi connectivity index (χ0v) is 16.9. The normalized spacial score (nSPS) is 12.7. The van der Waals surface area contributed by atoms with Crippen molar-refractivity contribution in [2.24, 2.45) is 0 Å². The Morgan fingerprint density at radius 1 is 1.19 bits per heavy atom. The highest BCUT2D eigenvalue weighted by atomic mass is 35.5. The molecule has 1 aliphatic heterocycles. The summed E-state index contributed by atoms with van der Waals surface area (Å²) in [6.45, 7) is 8.59. The number of aromatic nitrogens is 2. The van der Waals surface area contributed by atoms with Crippen LogP contribution in [0, 0.1) is 13.8 Å². The van der Waals surface area contributed by atoms with E-state index in [1.165, 1.54) is 18.4 Å². The van der Waals surface area contributed by atoms with Crippen LogP contribution < -0.4 is 14.8 Å². The van der Waals surface area contributed by atoms with Gasteiger partial charge in [0.15, 0.2) is 11.5 Å². The Bertz CT molecular complexity index is 952. The molecule has 0 amide bonds. The Balaban J connectivity index is 0.00000210. The van der Waals surface area contributed by atoms with E-state index in [-0.39, 0.29) is 12.4 Å². The number of aryl methyl sites for hydroxylation is 2. The Kier molecular flexibility index (Phi) is 5.80. The standard InChI is InChI=1S/C21H25N3O2.ClH/c1-4-5-9-24-10-7-16-17(24)6-8-22-21(16)23-19-14(2)13-18-20(15(19)3)26-12-11-25-18;/h6-8,10,13H,4-5,9,11-12H2,1-3H3,(H,22,23);1H. The molecule has 0 saturated carbocycles. The van der Waals surface area contributed by atoms with E-state index in [1.54, 1.807) is 0 Å². The number of nitrogens with zero attached hydrogens (tertiary/aromatic N) is 2. The second kappa shape index (κ2) is 8.09. The van der Waals surface area contributed by atoms with Crippen molar-refractivity contribution in [1.82, 2.24) is 9.55 Å². The number of benzene rings is 1. The number of rotatable bonds is 5. The van der Waals surface area contributed by atoms with Gasteiger partial charge in [0.25, 0.3) is 0 Å². The Hall–Kier alpha value is -2.40. The monoisotopic (exact) mass is 387 g/mol. The van der Waals surface area contributed by atoms with E-state index in [0.717, 1.165) is 46.1 Å². The predicted octanol–water partition coefficient (Wildman–Crippen LogP) is 5.39. The molecular weight excluding hydrogens is 362 g/mol. The molecule has 0 unspecified atom stereocenters. The number of nitrogens with one attached hydrogen (secondary N) is 1. The maximum Gasteiger partial charge on any atom is 0.166 e. The fraction of sp³-hybridized carbons (Fsp3) is 0.381. The van der Waals surface area contributed by atoms with Gasteiger partial charge in [0.1, 0.15) is 19.0 Å². The summed E-state index contributed by atoms with van der Waals surface area (Å²) in [5.74, 6) is 2.53. The number of ether oxygens (including phenoxy) is 2. The third kappa shape index (κ3) is 3.56. The number of fused-ring (bicyclic) bond motifs is 2. The first kappa shape index (κ1) is 19.4. The molecule has 144 valence electrons. The number of pyridine rings is 1. The zero-order chi connectivity index (χ0) is 18.1. The fourth-order valence-corrected chi connectivity index (χ4v) is 3.57. The van der Waals surface area contributed by atoms with E-state index >= 15 is 0 Å². The lowest BCUT2D eigenvalue weighted by Crippen LogP contribution is -2.17. The molecular formula is C21H26ClN3O2. The molecule has 3 aromatic rings. The lowest BCUT2D eigenvalue weighted by molar-refractivity contribution is 0.170. The van der Waals surface area contributed by atoms with E-state index in [4.69, 9.17) is 9.47 Å². The average molecular weight is 388 g/mol. The molecule has 5 nitrogen and oxygen atoms in total. The lowest BCUT2D eigenvalue weighted by Gasteiger charge is -2.23. The largest absolute Gasteiger partial charge is 0.486 e. The smallest absolute Gasteiger partial charge is 0.166 e. The van der Waals surface area contributed by atoms with Gasteiger partial charge in [0.05, 0.1) is 5.52 Å². The number of halogens is 1. The minimum absolute atomic E-state index is 0. The SMILES string of the molecule is CCCCn1ccc2c(Nc3c(C)cc4c(c3C)OCCO4)nccc21.Cl. The van der Waals surface area contributed by atoms with Crippen molar-refractivity contribution in [3.05, 3.63) is 41.7 Å². The third-order valence-corrected chi connectivity index (χ3v) is 4.96. The summed E-state index contributed by atoms with van der Waals surface area (Å²) < 4.78 is 13.9. The first-order chi connectivity index (χ1) is 12.7. The quantitative estimate of drug-likeness (QED) is 0.637. The van der Waals surface area contributed by atoms with Gasteiger partial charge in [-0.25, -0.2) is 4.98 Å². The van der Waals surface area contributed by atoms with Crippen LogP contribution in [0.25, 0.3) is 10.9 Å². The van der Waals surface area contributed by atoms with Crippen molar-refractivity contribution >= 4 is 34.8 Å². The topological polar surface area (TPSA) is 48.3 Å². The minimum atomic E-state index is 0. The fourth-order valence-electron chi connectivity index (χ4n) is 3.57. The van der Waals surface area contributed by atoms with Gasteiger partial charge in [0, 0.05) is 35.6 Å². The van der Waals surface area contributed by atoms with Crippen molar-refractivity contribution < 1.29 is 9.47 Å². The molecule has 6 heteroatoms. The zero-order valence-electron chi connectivity index (χ0n) is 16.0. The molecule has 3 heterocycles. The molecule has 4 rings (SSSR count). The van der Waals surface area contributed by atoms with Crippen molar-refractivity contribution in [3.8, 4) is 11.5 Å². The molecule has 0 aliphatic carbocycles. The molecule has 0 saturated heterocycles. The second-order valence-corrected chi connectivity index (χ2v) is 6.80. The van der Waals surface area contributed by atoms with Gasteiger partial charge in [-0.15, -0.1) is 12.4 Å². The summed E-state index contributed by atoms with van der Waals surface area (Å²) in [4.78, 5) is 4.59. The van der Waals surface area contributed by atoms with Gasteiger partial charge < -0.3 is 19.4 Å². The maximum absolute atomic E-state index is 5.83. The summed E-state index contributed by atoms with van der Waals surface area (Å²) in [7, 11) is 0. The Morgan fingerprint density at radius 2 is 2.00 bits per heavy atom. The van der Waals surface area contributed by atoms with Crippen molar-refractivity contribution in [1.29, 1.82) is 0 Å². The van der Waals surface area contributed by atoms with E-state index < -0.39 is 0 Å². The van der Waals surface area contributed by atoms with Crippen LogP contribution in [0.1, 0.15) is 30.9 Å². The van der Waals surface area contributed by atoms with Crippen LogP contribution in [0.2, 0.25) is 0 Å². The van der Waals surface area contributed by atoms with Crippen LogP contribution in [-0.4, -0.2) is 22.8 Å². The summed E-state index contributed by atoms with van der Waals surface area (Å²) >= 11 is 0. The van der Waals surface area contributed by atoms with Gasteiger partial charge in [-0.1, -0.05) is 13.3 Å². The van der Waals surface area contributed by atoms with Gasteiger partial charge in [-0.05, 0) is 44.0 Å². The highest BCUT2D eigenvalue weighted by molar-refractivity contribution is 5.92. The summed E-state index contributed by atoms with van der Waals surface area (Å²) in [6, 6.07) is 6.26. The van der Waals surface area contributed by atoms with Crippen LogP contribution in [-0.2, 0) is 6.54 Å². The predicted molar refractivity (Wildman–Crippen MR) is 112 cm³/mol. The molecule has 0 fully saturated rings. The molecule has 0 atom stereocenters. The first-order valence-corrected chi connectivity index (χ1v) is 9.29. The number of anilines is 2. The molecule has 2 aromatic heterocycles. The first-order valence-electron chi connectivity index (χ1n) is 9.29. The summed E-state index contributed by atoms with van der Waals surface area (Å²) in [5.41, 5.74) is 4.43. The number of hydrogen-bond donors (Lipinski definition) is 1. The summed E-state index contributed by atoms with van der Waals surface area (Å²) in [5, 5.41) is 4.68. The van der Waals surface area contributed by atoms with Crippen molar-refractivity contribution in [2.75, 3.05) is 18.5 Å². The van der Waals surface area contributed by atoms with Gasteiger partial charge >= 0.3 is 0 Å². The van der Waals surface area contributed by atoms with Crippen LogP contribution in [0.15, 0.2) is 30.6 Å². The molecule has 0 bridgehead atoms. The van der Waals surface area contributed by atoms with Crippen LogP contribution in [0.4, 0.5) is 11.5 Å². The van der Waals surface area contributed by atoms with E-state index in [0.29, 0.717) is 13.2 Å². The summed E-state index contributed by atoms with van der Waals surface area (Å²) in [6.07, 6.45) is 6.38. The van der Waals surface area contributed by atoms with Crippen LogP contribution in [0.3, 0.4) is 0 Å². The molecule has 27 heavy (non-hydrogen) atoms.